The quantitative estimate of drug-likeness (QED) is 0.407. The van der Waals surface area contributed by atoms with E-state index in [1.54, 1.807) is 10.8 Å². The van der Waals surface area contributed by atoms with Gasteiger partial charge in [-0.2, -0.15) is 4.57 Å². The maximum absolute atomic E-state index is 13.8. The van der Waals surface area contributed by atoms with E-state index in [0.717, 1.165) is 24.8 Å². The van der Waals surface area contributed by atoms with E-state index in [1.807, 2.05) is 32.2 Å². The maximum Gasteiger partial charge on any atom is 0.327 e. The van der Waals surface area contributed by atoms with Crippen LogP contribution in [0.3, 0.4) is 0 Å². The van der Waals surface area contributed by atoms with Gasteiger partial charge in [0.05, 0.1) is 23.9 Å². The molecule has 2 aromatic heterocycles. The van der Waals surface area contributed by atoms with Gasteiger partial charge >= 0.3 is 5.91 Å². The van der Waals surface area contributed by atoms with Gasteiger partial charge in [0.25, 0.3) is 17.2 Å². The Morgan fingerprint density at radius 1 is 1.08 bits per heavy atom. The van der Waals surface area contributed by atoms with Gasteiger partial charge in [-0.1, -0.05) is 13.8 Å². The van der Waals surface area contributed by atoms with Crippen molar-refractivity contribution in [2.75, 3.05) is 13.2 Å². The standard InChI is InChI=1S/C27H27FN4O4/c1-3-17-7-5-13-30(15-17)24-23(25(33)31(27(24)35)16-20-8-6-14-36-20)22-21(4-2)29-32(26(22)34)19-11-9-18(28)10-12-19/h5,7,9-13,15,20H,3-4,6,8,14,16H2,1-2H3/p+1/t20-/m1/s1. The summed E-state index contributed by atoms with van der Waals surface area (Å²) in [6.07, 6.45) is 6.11. The summed E-state index contributed by atoms with van der Waals surface area (Å²) in [7, 11) is 0. The molecule has 0 unspecified atom stereocenters. The average molecular weight is 492 g/mol. The van der Waals surface area contributed by atoms with Gasteiger partial charge in [-0.25, -0.2) is 9.07 Å². The van der Waals surface area contributed by atoms with Crippen LogP contribution in [0.15, 0.2) is 53.6 Å². The zero-order chi connectivity index (χ0) is 25.4. The Bertz CT molecular complexity index is 1410. The molecule has 2 aliphatic heterocycles. The molecular formula is C27H28FN4O4+. The average Bonchev–Trinajstić information content (AvgIpc) is 3.58. The van der Waals surface area contributed by atoms with Gasteiger partial charge < -0.3 is 4.74 Å². The van der Waals surface area contributed by atoms with Crippen LogP contribution < -0.4 is 10.1 Å². The Morgan fingerprint density at radius 3 is 2.53 bits per heavy atom. The number of ether oxygens (including phenoxy) is 1. The molecule has 1 atom stereocenters. The lowest BCUT2D eigenvalue weighted by Gasteiger charge is -2.18. The summed E-state index contributed by atoms with van der Waals surface area (Å²) in [6.45, 7) is 4.60. The number of imide groups is 1. The van der Waals surface area contributed by atoms with Crippen LogP contribution in [0.4, 0.5) is 4.39 Å². The highest BCUT2D eigenvalue weighted by atomic mass is 19.1. The molecule has 36 heavy (non-hydrogen) atoms. The van der Waals surface area contributed by atoms with Crippen LogP contribution in [0.5, 0.6) is 0 Å². The summed E-state index contributed by atoms with van der Waals surface area (Å²) in [4.78, 5) is 42.4. The minimum Gasteiger partial charge on any atom is -0.376 e. The molecule has 1 N–H and O–H groups in total. The summed E-state index contributed by atoms with van der Waals surface area (Å²) in [5.41, 5.74) is 1.82. The molecule has 2 aliphatic rings. The third-order valence-electron chi connectivity index (χ3n) is 6.74. The highest BCUT2D eigenvalue weighted by molar-refractivity contribution is 6.44. The van der Waals surface area contributed by atoms with Crippen LogP contribution in [0, 0.1) is 5.82 Å². The summed E-state index contributed by atoms with van der Waals surface area (Å²) in [5, 5.41) is 3.06. The predicted molar refractivity (Wildman–Crippen MR) is 131 cm³/mol. The van der Waals surface area contributed by atoms with Crippen molar-refractivity contribution in [3.05, 3.63) is 81.8 Å². The van der Waals surface area contributed by atoms with E-state index in [2.05, 4.69) is 5.10 Å². The van der Waals surface area contributed by atoms with Gasteiger partial charge in [0.2, 0.25) is 0 Å². The molecule has 1 aromatic carbocycles. The van der Waals surface area contributed by atoms with Crippen LogP contribution in [-0.4, -0.2) is 45.8 Å². The van der Waals surface area contributed by atoms with Crippen molar-refractivity contribution >= 4 is 23.1 Å². The minimum atomic E-state index is -0.517. The zero-order valence-corrected chi connectivity index (χ0v) is 20.3. The molecule has 0 saturated carbocycles. The number of carbonyl (C=O) groups excluding carboxylic acids is 2. The Balaban J connectivity index is 1.70. The van der Waals surface area contributed by atoms with E-state index in [-0.39, 0.29) is 29.5 Å². The third kappa shape index (κ3) is 4.09. The van der Waals surface area contributed by atoms with Gasteiger partial charge in [0, 0.05) is 23.9 Å². The van der Waals surface area contributed by atoms with Gasteiger partial charge in [-0.15, -0.1) is 0 Å². The molecule has 5 rings (SSSR count). The second kappa shape index (κ2) is 9.66. The molecule has 3 aromatic rings. The second-order valence-electron chi connectivity index (χ2n) is 8.99. The van der Waals surface area contributed by atoms with Crippen LogP contribution in [0.2, 0.25) is 0 Å². The number of H-pyrrole nitrogens is 1. The van der Waals surface area contributed by atoms with Crippen LogP contribution in [-0.2, 0) is 27.2 Å². The molecule has 9 heteroatoms. The molecule has 186 valence electrons. The number of aromatic nitrogens is 3. The Labute approximate surface area is 207 Å². The Morgan fingerprint density at radius 2 is 1.86 bits per heavy atom. The number of rotatable bonds is 7. The van der Waals surface area contributed by atoms with Crippen molar-refractivity contribution in [3.63, 3.8) is 0 Å². The number of hydrogen-bond acceptors (Lipinski definition) is 4. The number of benzene rings is 1. The Hall–Kier alpha value is -3.85. The summed E-state index contributed by atoms with van der Waals surface area (Å²) < 4.78 is 22.1. The summed E-state index contributed by atoms with van der Waals surface area (Å²) in [6, 6.07) is 9.25. The molecule has 4 heterocycles. The molecular weight excluding hydrogens is 463 g/mol. The molecule has 0 radical (unpaired) electrons. The Kier molecular flexibility index (Phi) is 6.40. The number of halogens is 1. The highest BCUT2D eigenvalue weighted by Gasteiger charge is 2.48. The fourth-order valence-electron chi connectivity index (χ4n) is 4.83. The first-order valence-corrected chi connectivity index (χ1v) is 12.3. The van der Waals surface area contributed by atoms with Gasteiger partial charge in [0.15, 0.2) is 12.4 Å². The third-order valence-corrected chi connectivity index (χ3v) is 6.74. The van der Waals surface area contributed by atoms with Gasteiger partial charge in [-0.05, 0) is 56.0 Å². The van der Waals surface area contributed by atoms with Gasteiger partial charge in [-0.3, -0.25) is 24.4 Å². The van der Waals surface area contributed by atoms with Crippen LogP contribution in [0.25, 0.3) is 17.0 Å². The number of nitrogens with one attached hydrogen (secondary N) is 1. The molecule has 0 spiro atoms. The van der Waals surface area contributed by atoms with E-state index >= 15 is 0 Å². The summed E-state index contributed by atoms with van der Waals surface area (Å²) >= 11 is 0. The highest BCUT2D eigenvalue weighted by Crippen LogP contribution is 2.31. The van der Waals surface area contributed by atoms with Crippen molar-refractivity contribution < 1.29 is 23.3 Å². The summed E-state index contributed by atoms with van der Waals surface area (Å²) in [5.74, 6) is -1.40. The number of aromatic amines is 1. The van der Waals surface area contributed by atoms with E-state index in [0.29, 0.717) is 24.4 Å². The number of hydrogen-bond donors (Lipinski definition) is 1. The first-order valence-electron chi connectivity index (χ1n) is 12.3. The topological polar surface area (TPSA) is 88.3 Å². The first kappa shape index (κ1) is 23.9. The number of nitrogens with zero attached hydrogens (tertiary/aromatic N) is 3. The molecule has 8 nitrogen and oxygen atoms in total. The monoisotopic (exact) mass is 491 g/mol. The number of aryl methyl sites for hydroxylation is 2. The molecule has 1 fully saturated rings. The van der Waals surface area contributed by atoms with E-state index in [4.69, 9.17) is 4.74 Å². The number of amides is 2. The van der Waals surface area contributed by atoms with Crippen molar-refractivity contribution in [1.82, 2.24) is 14.7 Å². The van der Waals surface area contributed by atoms with E-state index < -0.39 is 23.2 Å². The van der Waals surface area contributed by atoms with Crippen LogP contribution in [0.1, 0.15) is 43.5 Å². The van der Waals surface area contributed by atoms with E-state index in [9.17, 15) is 18.8 Å². The smallest absolute Gasteiger partial charge is 0.327 e. The van der Waals surface area contributed by atoms with Crippen molar-refractivity contribution in [2.24, 2.45) is 0 Å². The normalized spacial score (nSPS) is 18.1. The van der Waals surface area contributed by atoms with Crippen molar-refractivity contribution in [2.45, 2.75) is 45.6 Å². The first-order chi connectivity index (χ1) is 17.4. The molecule has 0 aliphatic carbocycles. The molecule has 1 saturated heterocycles. The van der Waals surface area contributed by atoms with Crippen molar-refractivity contribution in [1.29, 1.82) is 0 Å². The lowest BCUT2D eigenvalue weighted by atomic mass is 10.0. The minimum absolute atomic E-state index is 0.0650. The molecule has 2 amide bonds. The number of carbonyl (C=O) groups is 2. The predicted octanol–water partition coefficient (Wildman–Crippen LogP) is 2.63. The fourth-order valence-corrected chi connectivity index (χ4v) is 4.83. The van der Waals surface area contributed by atoms with Gasteiger partial charge in [0.1, 0.15) is 11.4 Å². The van der Waals surface area contributed by atoms with Crippen molar-refractivity contribution in [3.8, 4) is 5.69 Å². The number of pyridine rings is 1. The second-order valence-corrected chi connectivity index (χ2v) is 8.99. The lowest BCUT2D eigenvalue weighted by Crippen LogP contribution is -2.42. The maximum atomic E-state index is 13.8. The largest absolute Gasteiger partial charge is 0.376 e. The van der Waals surface area contributed by atoms with Crippen LogP contribution >= 0.6 is 0 Å². The SMILES string of the molecule is CCc1ccc[n+](C2=C(c3c(CC)[nH]n(-c4ccc(F)cc4)c3=O)C(=O)N(C[C@H]3CCCO3)C2=O)c1. The fraction of sp³-hybridized carbons (Fsp3) is 0.333. The van der Waals surface area contributed by atoms with E-state index in [1.165, 1.54) is 33.8 Å². The molecule has 0 bridgehead atoms. The zero-order valence-electron chi connectivity index (χ0n) is 20.3. The lowest BCUT2D eigenvalue weighted by molar-refractivity contribution is -0.577.